The number of nitrogens with one attached hydrogen (secondary N) is 1. The summed E-state index contributed by atoms with van der Waals surface area (Å²) in [6, 6.07) is 4.54. The summed E-state index contributed by atoms with van der Waals surface area (Å²) in [5, 5.41) is 12.7. The van der Waals surface area contributed by atoms with Crippen LogP contribution in [0.25, 0.3) is 0 Å². The first-order valence-electron chi connectivity index (χ1n) is 6.54. The first-order chi connectivity index (χ1) is 9.15. The molecule has 0 amide bonds. The third-order valence-electron chi connectivity index (χ3n) is 2.47. The molecule has 0 fully saturated rings. The Morgan fingerprint density at radius 3 is 2.74 bits per heavy atom. The first-order valence-corrected chi connectivity index (χ1v) is 6.54. The van der Waals surface area contributed by atoms with Crippen LogP contribution in [-0.4, -0.2) is 37.6 Å². The zero-order valence-electron chi connectivity index (χ0n) is 11.5. The summed E-state index contributed by atoms with van der Waals surface area (Å²) in [6.45, 7) is 6.10. The van der Waals surface area contributed by atoms with Crippen molar-refractivity contribution in [1.29, 1.82) is 0 Å². The van der Waals surface area contributed by atoms with Crippen molar-refractivity contribution in [3.05, 3.63) is 29.6 Å². The topological polar surface area (TPSA) is 50.7 Å². The van der Waals surface area contributed by atoms with Crippen LogP contribution in [0.4, 0.5) is 4.39 Å². The van der Waals surface area contributed by atoms with Gasteiger partial charge in [0.05, 0.1) is 6.61 Å². The normalized spacial score (nSPS) is 12.4. The molecule has 5 heteroatoms. The van der Waals surface area contributed by atoms with Crippen LogP contribution in [0, 0.1) is 5.82 Å². The van der Waals surface area contributed by atoms with Crippen LogP contribution in [0.1, 0.15) is 19.4 Å². The molecule has 19 heavy (non-hydrogen) atoms. The van der Waals surface area contributed by atoms with Crippen molar-refractivity contribution in [2.45, 2.75) is 26.5 Å². The van der Waals surface area contributed by atoms with E-state index >= 15 is 0 Å². The number of benzene rings is 1. The number of hydrogen-bond acceptors (Lipinski definition) is 4. The van der Waals surface area contributed by atoms with Crippen LogP contribution in [0.15, 0.2) is 18.2 Å². The molecule has 0 aliphatic carbocycles. The minimum atomic E-state index is -0.708. The lowest BCUT2D eigenvalue weighted by Gasteiger charge is -2.13. The molecule has 0 aliphatic heterocycles. The molecule has 0 saturated heterocycles. The maximum atomic E-state index is 13.4. The van der Waals surface area contributed by atoms with Gasteiger partial charge in [-0.05, 0) is 31.2 Å². The Labute approximate surface area is 113 Å². The number of halogens is 1. The molecule has 0 saturated carbocycles. The third kappa shape index (κ3) is 6.52. The van der Waals surface area contributed by atoms with Crippen molar-refractivity contribution >= 4 is 0 Å². The summed E-state index contributed by atoms with van der Waals surface area (Å²) < 4.78 is 23.8. The van der Waals surface area contributed by atoms with Gasteiger partial charge in [0.2, 0.25) is 0 Å². The molecule has 1 unspecified atom stereocenters. The van der Waals surface area contributed by atoms with Crippen molar-refractivity contribution in [3.63, 3.8) is 0 Å². The van der Waals surface area contributed by atoms with Crippen molar-refractivity contribution in [2.24, 2.45) is 0 Å². The minimum absolute atomic E-state index is 0.0874. The van der Waals surface area contributed by atoms with Gasteiger partial charge >= 0.3 is 0 Å². The Hall–Kier alpha value is -1.17. The van der Waals surface area contributed by atoms with Gasteiger partial charge in [-0.25, -0.2) is 4.39 Å². The Morgan fingerprint density at radius 1 is 1.26 bits per heavy atom. The predicted octanol–water partition coefficient (Wildman–Crippen LogP) is 1.71. The summed E-state index contributed by atoms with van der Waals surface area (Å²) in [6.07, 6.45) is -0.708. The summed E-state index contributed by atoms with van der Waals surface area (Å²) in [7, 11) is 0. The molecular formula is C14H22FNO3. The van der Waals surface area contributed by atoms with Gasteiger partial charge in [0.15, 0.2) is 0 Å². The van der Waals surface area contributed by atoms with E-state index in [0.29, 0.717) is 18.9 Å². The van der Waals surface area contributed by atoms with Crippen LogP contribution >= 0.6 is 0 Å². The first kappa shape index (κ1) is 15.9. The van der Waals surface area contributed by atoms with E-state index in [-0.39, 0.29) is 19.0 Å². The van der Waals surface area contributed by atoms with E-state index in [0.717, 1.165) is 12.1 Å². The Morgan fingerprint density at radius 2 is 2.05 bits per heavy atom. The molecule has 2 N–H and O–H groups in total. The smallest absolute Gasteiger partial charge is 0.127 e. The molecule has 0 bridgehead atoms. The second-order valence-corrected chi connectivity index (χ2v) is 4.20. The zero-order valence-corrected chi connectivity index (χ0v) is 11.5. The van der Waals surface area contributed by atoms with Crippen LogP contribution in [0.5, 0.6) is 5.75 Å². The van der Waals surface area contributed by atoms with Crippen molar-refractivity contribution in [2.75, 3.05) is 26.4 Å². The van der Waals surface area contributed by atoms with Crippen LogP contribution in [0.3, 0.4) is 0 Å². The Bertz CT molecular complexity index is 374. The number of rotatable bonds is 9. The number of hydrogen-bond donors (Lipinski definition) is 2. The maximum Gasteiger partial charge on any atom is 0.127 e. The molecule has 0 aromatic heterocycles. The van der Waals surface area contributed by atoms with Gasteiger partial charge in [-0.3, -0.25) is 0 Å². The number of ether oxygens (including phenoxy) is 2. The molecule has 1 rings (SSSR count). The van der Waals surface area contributed by atoms with E-state index < -0.39 is 6.10 Å². The van der Waals surface area contributed by atoms with E-state index in [4.69, 9.17) is 9.47 Å². The van der Waals surface area contributed by atoms with Crippen LogP contribution < -0.4 is 10.1 Å². The van der Waals surface area contributed by atoms with Gasteiger partial charge in [0, 0.05) is 19.2 Å². The molecule has 0 spiro atoms. The quantitative estimate of drug-likeness (QED) is 0.718. The van der Waals surface area contributed by atoms with Gasteiger partial charge in [0.25, 0.3) is 0 Å². The minimum Gasteiger partial charge on any atom is -0.491 e. The highest BCUT2D eigenvalue weighted by Crippen LogP contribution is 2.16. The number of aliphatic hydroxyl groups is 1. The molecule has 1 aromatic rings. The highest BCUT2D eigenvalue weighted by atomic mass is 19.1. The fourth-order valence-corrected chi connectivity index (χ4v) is 1.57. The summed E-state index contributed by atoms with van der Waals surface area (Å²) in [4.78, 5) is 0. The van der Waals surface area contributed by atoms with Crippen molar-refractivity contribution < 1.29 is 19.0 Å². The van der Waals surface area contributed by atoms with Crippen molar-refractivity contribution in [1.82, 2.24) is 5.32 Å². The molecule has 0 aliphatic rings. The highest BCUT2D eigenvalue weighted by molar-refractivity contribution is 5.29. The lowest BCUT2D eigenvalue weighted by molar-refractivity contribution is 0.0164. The average Bonchev–Trinajstić information content (AvgIpc) is 2.40. The summed E-state index contributed by atoms with van der Waals surface area (Å²) in [5.41, 5.74) is 0.816. The second-order valence-electron chi connectivity index (χ2n) is 4.20. The summed E-state index contributed by atoms with van der Waals surface area (Å²) >= 11 is 0. The van der Waals surface area contributed by atoms with Gasteiger partial charge < -0.3 is 19.9 Å². The monoisotopic (exact) mass is 271 g/mol. The molecule has 108 valence electrons. The lowest BCUT2D eigenvalue weighted by atomic mass is 10.2. The van der Waals surface area contributed by atoms with Gasteiger partial charge in [-0.1, -0.05) is 6.92 Å². The van der Waals surface area contributed by atoms with E-state index in [1.807, 2.05) is 13.8 Å². The highest BCUT2D eigenvalue weighted by Gasteiger charge is 2.07. The average molecular weight is 271 g/mol. The fraction of sp³-hybridized carbons (Fsp3) is 0.571. The molecule has 1 atom stereocenters. The molecule has 4 nitrogen and oxygen atoms in total. The van der Waals surface area contributed by atoms with Crippen molar-refractivity contribution in [3.8, 4) is 5.75 Å². The van der Waals surface area contributed by atoms with E-state index in [9.17, 15) is 9.50 Å². The van der Waals surface area contributed by atoms with Gasteiger partial charge in [-0.15, -0.1) is 0 Å². The SMILES string of the molecule is CCNCc1cc(F)cc(OCC(O)COCC)c1. The molecule has 0 heterocycles. The lowest BCUT2D eigenvalue weighted by Crippen LogP contribution is -2.23. The maximum absolute atomic E-state index is 13.4. The largest absolute Gasteiger partial charge is 0.491 e. The van der Waals surface area contributed by atoms with Gasteiger partial charge in [-0.2, -0.15) is 0 Å². The number of aliphatic hydroxyl groups excluding tert-OH is 1. The van der Waals surface area contributed by atoms with Crippen LogP contribution in [0.2, 0.25) is 0 Å². The fourth-order valence-electron chi connectivity index (χ4n) is 1.57. The summed E-state index contributed by atoms with van der Waals surface area (Å²) in [5.74, 6) is 0.0770. The Kier molecular flexibility index (Phi) is 7.40. The second kappa shape index (κ2) is 8.85. The van der Waals surface area contributed by atoms with E-state index in [2.05, 4.69) is 5.32 Å². The van der Waals surface area contributed by atoms with E-state index in [1.54, 1.807) is 6.07 Å². The molecular weight excluding hydrogens is 249 g/mol. The molecule has 1 aromatic carbocycles. The van der Waals surface area contributed by atoms with Crippen LogP contribution in [-0.2, 0) is 11.3 Å². The zero-order chi connectivity index (χ0) is 14.1. The predicted molar refractivity (Wildman–Crippen MR) is 71.8 cm³/mol. The van der Waals surface area contributed by atoms with E-state index in [1.165, 1.54) is 12.1 Å². The standard InChI is InChI=1S/C14H22FNO3/c1-3-16-8-11-5-12(15)7-14(6-11)19-10-13(17)9-18-4-2/h5-7,13,16-17H,3-4,8-10H2,1-2H3. The Balaban J connectivity index is 2.50. The third-order valence-corrected chi connectivity index (χ3v) is 2.47. The molecule has 0 radical (unpaired) electrons. The van der Waals surface area contributed by atoms with Gasteiger partial charge in [0.1, 0.15) is 24.3 Å².